The van der Waals surface area contributed by atoms with Gasteiger partial charge in [-0.05, 0) is 52.8 Å². The summed E-state index contributed by atoms with van der Waals surface area (Å²) in [7, 11) is 0. The highest BCUT2D eigenvalue weighted by atomic mass is 79.9. The predicted octanol–water partition coefficient (Wildman–Crippen LogP) is 4.64. The Bertz CT molecular complexity index is 542. The average molecular weight is 377 g/mol. The molecule has 0 saturated heterocycles. The molecule has 0 bridgehead atoms. The van der Waals surface area contributed by atoms with E-state index in [0.717, 1.165) is 11.0 Å². The van der Waals surface area contributed by atoms with Gasteiger partial charge in [-0.1, -0.05) is 22.9 Å². The zero-order valence-electron chi connectivity index (χ0n) is 9.71. The molecule has 1 heterocycles. The van der Waals surface area contributed by atoms with Gasteiger partial charge in [0.15, 0.2) is 4.67 Å². The Morgan fingerprint density at radius 3 is 2.67 bits per heavy atom. The van der Waals surface area contributed by atoms with E-state index in [-0.39, 0.29) is 11.9 Å². The van der Waals surface area contributed by atoms with Crippen molar-refractivity contribution in [3.05, 3.63) is 56.6 Å². The van der Waals surface area contributed by atoms with Gasteiger partial charge in [-0.15, -0.1) is 0 Å². The summed E-state index contributed by atoms with van der Waals surface area (Å²) < 4.78 is 20.9. The van der Waals surface area contributed by atoms with Crippen LogP contribution in [0, 0.1) is 5.82 Å². The summed E-state index contributed by atoms with van der Waals surface area (Å²) in [5, 5.41) is 3.22. The number of furan rings is 1. The highest BCUT2D eigenvalue weighted by Crippen LogP contribution is 2.29. The lowest BCUT2D eigenvalue weighted by molar-refractivity contribution is 0.428. The summed E-state index contributed by atoms with van der Waals surface area (Å²) in [5.74, 6) is 0.428. The molecule has 0 fully saturated rings. The van der Waals surface area contributed by atoms with Gasteiger partial charge in [0.2, 0.25) is 0 Å². The number of rotatable bonds is 4. The summed E-state index contributed by atoms with van der Waals surface area (Å²) in [6, 6.07) is 8.23. The van der Waals surface area contributed by atoms with E-state index in [4.69, 9.17) is 4.42 Å². The van der Waals surface area contributed by atoms with Gasteiger partial charge in [-0.25, -0.2) is 4.39 Å². The molecule has 0 spiro atoms. The van der Waals surface area contributed by atoms with Crippen LogP contribution in [0.25, 0.3) is 0 Å². The summed E-state index contributed by atoms with van der Waals surface area (Å²) in [4.78, 5) is 0. The SMILES string of the molecule is CCNC(c1ccc(Br)o1)c1cc(Br)ccc1F. The molecule has 2 nitrogen and oxygen atoms in total. The molecule has 0 aliphatic rings. The van der Waals surface area contributed by atoms with Crippen molar-refractivity contribution in [3.63, 3.8) is 0 Å². The number of halogens is 3. The molecule has 1 aromatic heterocycles. The molecular weight excluding hydrogens is 365 g/mol. The van der Waals surface area contributed by atoms with Gasteiger partial charge in [0.05, 0.1) is 6.04 Å². The highest BCUT2D eigenvalue weighted by Gasteiger charge is 2.20. The van der Waals surface area contributed by atoms with E-state index in [9.17, 15) is 4.39 Å². The lowest BCUT2D eigenvalue weighted by Crippen LogP contribution is -2.22. The van der Waals surface area contributed by atoms with Gasteiger partial charge in [0.25, 0.3) is 0 Å². The average Bonchev–Trinajstić information content (AvgIpc) is 2.76. The molecule has 18 heavy (non-hydrogen) atoms. The second-order valence-electron chi connectivity index (χ2n) is 3.80. The van der Waals surface area contributed by atoms with Gasteiger partial charge in [0.1, 0.15) is 11.6 Å². The fourth-order valence-corrected chi connectivity index (χ4v) is 2.49. The molecule has 0 saturated carbocycles. The highest BCUT2D eigenvalue weighted by molar-refractivity contribution is 9.10. The minimum absolute atomic E-state index is 0.253. The first-order valence-corrected chi connectivity index (χ1v) is 7.14. The third-order valence-electron chi connectivity index (χ3n) is 2.56. The zero-order chi connectivity index (χ0) is 13.1. The van der Waals surface area contributed by atoms with Gasteiger partial charge >= 0.3 is 0 Å². The molecule has 5 heteroatoms. The van der Waals surface area contributed by atoms with Crippen molar-refractivity contribution in [2.45, 2.75) is 13.0 Å². The molecule has 1 aromatic carbocycles. The molecular formula is C13H12Br2FNO. The summed E-state index contributed by atoms with van der Waals surface area (Å²) in [5.41, 5.74) is 0.563. The van der Waals surface area contributed by atoms with Crippen LogP contribution in [0.15, 0.2) is 43.9 Å². The summed E-state index contributed by atoms with van der Waals surface area (Å²) >= 11 is 6.62. The second-order valence-corrected chi connectivity index (χ2v) is 5.50. The Morgan fingerprint density at radius 1 is 1.28 bits per heavy atom. The fraction of sp³-hybridized carbons (Fsp3) is 0.231. The van der Waals surface area contributed by atoms with E-state index in [2.05, 4.69) is 37.2 Å². The Kier molecular flexibility index (Phi) is 4.59. The maximum absolute atomic E-state index is 13.9. The molecule has 1 atom stereocenters. The predicted molar refractivity (Wildman–Crippen MR) is 76.0 cm³/mol. The van der Waals surface area contributed by atoms with Crippen LogP contribution < -0.4 is 5.32 Å². The lowest BCUT2D eigenvalue weighted by Gasteiger charge is -2.17. The van der Waals surface area contributed by atoms with Crippen molar-refractivity contribution in [1.29, 1.82) is 0 Å². The van der Waals surface area contributed by atoms with Crippen LogP contribution >= 0.6 is 31.9 Å². The second kappa shape index (κ2) is 5.99. The van der Waals surface area contributed by atoms with Crippen LogP contribution in [0.3, 0.4) is 0 Å². The van der Waals surface area contributed by atoms with Gasteiger partial charge in [-0.2, -0.15) is 0 Å². The first kappa shape index (κ1) is 13.8. The molecule has 0 aliphatic heterocycles. The maximum Gasteiger partial charge on any atom is 0.169 e. The van der Waals surface area contributed by atoms with E-state index in [1.165, 1.54) is 6.07 Å². The summed E-state index contributed by atoms with van der Waals surface area (Å²) in [6.45, 7) is 2.69. The normalized spacial score (nSPS) is 12.7. The molecule has 2 aromatic rings. The van der Waals surface area contributed by atoms with E-state index >= 15 is 0 Å². The number of benzene rings is 1. The fourth-order valence-electron chi connectivity index (χ4n) is 1.79. The Morgan fingerprint density at radius 2 is 2.06 bits per heavy atom. The van der Waals surface area contributed by atoms with Gasteiger partial charge < -0.3 is 9.73 Å². The Labute approximate surface area is 122 Å². The van der Waals surface area contributed by atoms with E-state index < -0.39 is 0 Å². The Balaban J connectivity index is 2.44. The molecule has 0 aliphatic carbocycles. The van der Waals surface area contributed by atoms with E-state index in [0.29, 0.717) is 16.0 Å². The molecule has 0 amide bonds. The molecule has 1 unspecified atom stereocenters. The van der Waals surface area contributed by atoms with E-state index in [1.807, 2.05) is 13.0 Å². The van der Waals surface area contributed by atoms with Crippen LogP contribution in [-0.4, -0.2) is 6.54 Å². The number of hydrogen-bond acceptors (Lipinski definition) is 2. The quantitative estimate of drug-likeness (QED) is 0.840. The van der Waals surface area contributed by atoms with Crippen LogP contribution in [0.2, 0.25) is 0 Å². The van der Waals surface area contributed by atoms with Crippen molar-refractivity contribution in [2.24, 2.45) is 0 Å². The van der Waals surface area contributed by atoms with Crippen molar-refractivity contribution in [3.8, 4) is 0 Å². The maximum atomic E-state index is 13.9. The first-order valence-electron chi connectivity index (χ1n) is 5.55. The number of nitrogens with one attached hydrogen (secondary N) is 1. The van der Waals surface area contributed by atoms with Crippen LogP contribution in [0.5, 0.6) is 0 Å². The third kappa shape index (κ3) is 3.02. The van der Waals surface area contributed by atoms with Crippen molar-refractivity contribution in [1.82, 2.24) is 5.32 Å². The van der Waals surface area contributed by atoms with Crippen LogP contribution in [0.4, 0.5) is 4.39 Å². The van der Waals surface area contributed by atoms with E-state index in [1.54, 1.807) is 18.2 Å². The van der Waals surface area contributed by atoms with Gasteiger partial charge in [0, 0.05) is 10.0 Å². The summed E-state index contributed by atoms with van der Waals surface area (Å²) in [6.07, 6.45) is 0. The van der Waals surface area contributed by atoms with Crippen LogP contribution in [0.1, 0.15) is 24.3 Å². The molecule has 0 radical (unpaired) electrons. The van der Waals surface area contributed by atoms with Crippen molar-refractivity contribution in [2.75, 3.05) is 6.54 Å². The molecule has 2 rings (SSSR count). The topological polar surface area (TPSA) is 25.2 Å². The standard InChI is InChI=1S/C13H12Br2FNO/c1-2-17-13(11-5-6-12(15)18-11)9-7-8(14)3-4-10(9)16/h3-7,13,17H,2H2,1H3. The third-order valence-corrected chi connectivity index (χ3v) is 3.48. The first-order chi connectivity index (χ1) is 8.61. The monoisotopic (exact) mass is 375 g/mol. The Hall–Kier alpha value is -0.650. The number of hydrogen-bond donors (Lipinski definition) is 1. The van der Waals surface area contributed by atoms with Crippen LogP contribution in [-0.2, 0) is 0 Å². The lowest BCUT2D eigenvalue weighted by atomic mass is 10.0. The molecule has 1 N–H and O–H groups in total. The molecule has 96 valence electrons. The van der Waals surface area contributed by atoms with Crippen molar-refractivity contribution < 1.29 is 8.81 Å². The van der Waals surface area contributed by atoms with Gasteiger partial charge in [-0.3, -0.25) is 0 Å². The minimum atomic E-state index is -0.293. The minimum Gasteiger partial charge on any atom is -0.452 e. The smallest absolute Gasteiger partial charge is 0.169 e. The largest absolute Gasteiger partial charge is 0.452 e. The van der Waals surface area contributed by atoms with Crippen molar-refractivity contribution >= 4 is 31.9 Å². The zero-order valence-corrected chi connectivity index (χ0v) is 12.9.